The van der Waals surface area contributed by atoms with Crippen LogP contribution in [0.5, 0.6) is 0 Å². The zero-order valence-electron chi connectivity index (χ0n) is 15.2. The number of fused-ring (bicyclic) bond motifs is 5. The number of aliphatic hydroxyl groups excluding tert-OH is 3. The third-order valence-corrected chi connectivity index (χ3v) is 8.22. The van der Waals surface area contributed by atoms with E-state index >= 15 is 0 Å². The molecule has 3 aliphatic carbocycles. The molecule has 3 fully saturated rings. The summed E-state index contributed by atoms with van der Waals surface area (Å²) < 4.78 is 6.04. The lowest BCUT2D eigenvalue weighted by molar-refractivity contribution is -0.133. The van der Waals surface area contributed by atoms with Gasteiger partial charge >= 0.3 is 0 Å². The number of hydrogen-bond acceptors (Lipinski definition) is 4. The summed E-state index contributed by atoms with van der Waals surface area (Å²) in [5.41, 5.74) is 0.968. The molecule has 1 saturated heterocycles. The van der Waals surface area contributed by atoms with E-state index in [0.29, 0.717) is 24.9 Å². The molecule has 8 atom stereocenters. The third kappa shape index (κ3) is 2.06. The van der Waals surface area contributed by atoms with Gasteiger partial charge in [0.05, 0.1) is 24.9 Å². The minimum atomic E-state index is -0.380. The van der Waals surface area contributed by atoms with Crippen LogP contribution in [0.25, 0.3) is 0 Å². The van der Waals surface area contributed by atoms with Crippen LogP contribution in [0.4, 0.5) is 0 Å². The molecule has 2 saturated carbocycles. The molecular formula is C20H32O4. The first kappa shape index (κ1) is 17.0. The molecule has 3 N–H and O–H groups in total. The van der Waals surface area contributed by atoms with Crippen LogP contribution < -0.4 is 0 Å². The highest BCUT2D eigenvalue weighted by Crippen LogP contribution is 2.64. The Morgan fingerprint density at radius 1 is 1.17 bits per heavy atom. The molecule has 136 valence electrons. The molecule has 4 rings (SSSR count). The van der Waals surface area contributed by atoms with Gasteiger partial charge in [-0.3, -0.25) is 0 Å². The average Bonchev–Trinajstić information content (AvgIpc) is 2.82. The summed E-state index contributed by atoms with van der Waals surface area (Å²) in [6, 6.07) is 0. The highest BCUT2D eigenvalue weighted by atomic mass is 16.5. The Kier molecular flexibility index (Phi) is 3.75. The summed E-state index contributed by atoms with van der Waals surface area (Å²) >= 11 is 0. The maximum Gasteiger partial charge on any atom is 0.0868 e. The molecule has 4 nitrogen and oxygen atoms in total. The SMILES string of the molecule is C[C@@]1(CO)C[C@@H](O)C[C@@]2(C)[C@@H]3CC[C@@]4(C)[C@H](OC[C@@H]4O)C3=CC[C@H]12. The summed E-state index contributed by atoms with van der Waals surface area (Å²) in [4.78, 5) is 0. The molecule has 0 aromatic heterocycles. The highest BCUT2D eigenvalue weighted by Gasteiger charge is 2.61. The average molecular weight is 336 g/mol. The van der Waals surface area contributed by atoms with Crippen molar-refractivity contribution in [1.82, 2.24) is 0 Å². The van der Waals surface area contributed by atoms with Crippen LogP contribution in [0, 0.1) is 28.1 Å². The van der Waals surface area contributed by atoms with Crippen LogP contribution in [0.1, 0.15) is 52.9 Å². The van der Waals surface area contributed by atoms with Crippen molar-refractivity contribution in [3.63, 3.8) is 0 Å². The van der Waals surface area contributed by atoms with Gasteiger partial charge in [-0.05, 0) is 60.3 Å². The van der Waals surface area contributed by atoms with Crippen molar-refractivity contribution in [1.29, 1.82) is 0 Å². The van der Waals surface area contributed by atoms with Gasteiger partial charge in [0, 0.05) is 12.0 Å². The fourth-order valence-corrected chi connectivity index (χ4v) is 6.85. The van der Waals surface area contributed by atoms with Crippen molar-refractivity contribution in [3.8, 4) is 0 Å². The summed E-state index contributed by atoms with van der Waals surface area (Å²) in [6.45, 7) is 7.19. The Labute approximate surface area is 144 Å². The molecule has 0 aromatic carbocycles. The Morgan fingerprint density at radius 2 is 1.92 bits per heavy atom. The zero-order valence-corrected chi connectivity index (χ0v) is 15.2. The highest BCUT2D eigenvalue weighted by molar-refractivity contribution is 5.30. The molecule has 0 spiro atoms. The van der Waals surface area contributed by atoms with Crippen LogP contribution >= 0.6 is 0 Å². The molecule has 1 aliphatic heterocycles. The molecule has 0 amide bonds. The molecule has 0 radical (unpaired) electrons. The number of hydrogen-bond donors (Lipinski definition) is 3. The van der Waals surface area contributed by atoms with E-state index in [1.165, 1.54) is 5.57 Å². The van der Waals surface area contributed by atoms with Crippen LogP contribution in [-0.2, 0) is 4.74 Å². The number of rotatable bonds is 1. The van der Waals surface area contributed by atoms with E-state index in [1.54, 1.807) is 0 Å². The summed E-state index contributed by atoms with van der Waals surface area (Å²) in [7, 11) is 0. The number of ether oxygens (including phenoxy) is 1. The monoisotopic (exact) mass is 336 g/mol. The van der Waals surface area contributed by atoms with Gasteiger partial charge in [-0.25, -0.2) is 0 Å². The Hall–Kier alpha value is -0.420. The predicted octanol–water partition coefficient (Wildman–Crippen LogP) is 2.27. The van der Waals surface area contributed by atoms with E-state index in [1.807, 2.05) is 0 Å². The predicted molar refractivity (Wildman–Crippen MR) is 91.3 cm³/mol. The van der Waals surface area contributed by atoms with Gasteiger partial charge in [0.25, 0.3) is 0 Å². The van der Waals surface area contributed by atoms with Gasteiger partial charge in [-0.1, -0.05) is 26.8 Å². The topological polar surface area (TPSA) is 69.9 Å². The lowest BCUT2D eigenvalue weighted by atomic mass is 9.44. The molecule has 4 aliphatic rings. The van der Waals surface area contributed by atoms with Crippen LogP contribution in [0.2, 0.25) is 0 Å². The maximum atomic E-state index is 10.5. The van der Waals surface area contributed by atoms with E-state index in [0.717, 1.165) is 25.7 Å². The second kappa shape index (κ2) is 5.29. The van der Waals surface area contributed by atoms with Crippen LogP contribution in [0.15, 0.2) is 11.6 Å². The zero-order chi connectivity index (χ0) is 17.3. The maximum absolute atomic E-state index is 10.5. The van der Waals surface area contributed by atoms with Gasteiger partial charge in [0.1, 0.15) is 0 Å². The second-order valence-corrected chi connectivity index (χ2v) is 9.70. The van der Waals surface area contributed by atoms with Crippen LogP contribution in [-0.4, -0.2) is 46.8 Å². The van der Waals surface area contributed by atoms with E-state index in [2.05, 4.69) is 26.8 Å². The molecule has 0 bridgehead atoms. The van der Waals surface area contributed by atoms with Crippen molar-refractivity contribution in [2.24, 2.45) is 28.1 Å². The molecule has 0 aromatic rings. The molecule has 24 heavy (non-hydrogen) atoms. The van der Waals surface area contributed by atoms with E-state index in [4.69, 9.17) is 4.74 Å². The minimum absolute atomic E-state index is 0.00252. The standard InChI is InChI=1S/C20H32O4/c1-18(11-21)8-12(22)9-20(3)14-6-7-19(2)16(23)10-24-17(19)13(14)4-5-15(18)20/h4,12,14-17,21-23H,5-11H2,1-3H3/t12-,14-,15-,16+,17-,18+,19-,20+/m1/s1. The van der Waals surface area contributed by atoms with E-state index in [-0.39, 0.29) is 41.2 Å². The normalized spacial score (nSPS) is 56.9. The Bertz CT molecular complexity index is 560. The second-order valence-electron chi connectivity index (χ2n) is 9.70. The summed E-state index contributed by atoms with van der Waals surface area (Å²) in [6.07, 6.45) is 6.09. The summed E-state index contributed by atoms with van der Waals surface area (Å²) in [5, 5.41) is 31.0. The van der Waals surface area contributed by atoms with Crippen molar-refractivity contribution in [2.45, 2.75) is 71.2 Å². The Morgan fingerprint density at radius 3 is 2.62 bits per heavy atom. The number of allylic oxidation sites excluding steroid dienone is 1. The van der Waals surface area contributed by atoms with E-state index in [9.17, 15) is 15.3 Å². The first-order valence-corrected chi connectivity index (χ1v) is 9.53. The quantitative estimate of drug-likeness (QED) is 0.643. The first-order valence-electron chi connectivity index (χ1n) is 9.53. The minimum Gasteiger partial charge on any atom is -0.396 e. The van der Waals surface area contributed by atoms with Gasteiger partial charge in [0.2, 0.25) is 0 Å². The largest absolute Gasteiger partial charge is 0.396 e. The van der Waals surface area contributed by atoms with Gasteiger partial charge in [-0.2, -0.15) is 0 Å². The molecule has 1 heterocycles. The van der Waals surface area contributed by atoms with Gasteiger partial charge in [-0.15, -0.1) is 0 Å². The number of aliphatic hydroxyl groups is 3. The smallest absolute Gasteiger partial charge is 0.0868 e. The molecular weight excluding hydrogens is 304 g/mol. The van der Waals surface area contributed by atoms with Crippen LogP contribution in [0.3, 0.4) is 0 Å². The first-order chi connectivity index (χ1) is 11.2. The van der Waals surface area contributed by atoms with E-state index < -0.39 is 0 Å². The van der Waals surface area contributed by atoms with Gasteiger partial charge in [0.15, 0.2) is 0 Å². The fourth-order valence-electron chi connectivity index (χ4n) is 6.85. The Balaban J connectivity index is 1.74. The van der Waals surface area contributed by atoms with Crippen molar-refractivity contribution in [2.75, 3.05) is 13.2 Å². The third-order valence-electron chi connectivity index (χ3n) is 8.22. The van der Waals surface area contributed by atoms with Crippen molar-refractivity contribution < 1.29 is 20.1 Å². The van der Waals surface area contributed by atoms with Crippen molar-refractivity contribution >= 4 is 0 Å². The molecule has 4 heteroatoms. The van der Waals surface area contributed by atoms with Crippen molar-refractivity contribution in [3.05, 3.63) is 11.6 Å². The molecule has 0 unspecified atom stereocenters. The van der Waals surface area contributed by atoms with Gasteiger partial charge < -0.3 is 20.1 Å². The lowest BCUT2D eigenvalue weighted by Crippen LogP contribution is -2.57. The lowest BCUT2D eigenvalue weighted by Gasteiger charge is -2.61. The fraction of sp³-hybridized carbons (Fsp3) is 0.900. The summed E-state index contributed by atoms with van der Waals surface area (Å²) in [5.74, 6) is 0.781.